The van der Waals surface area contributed by atoms with Crippen molar-refractivity contribution in [2.24, 2.45) is 0 Å². The van der Waals surface area contributed by atoms with Gasteiger partial charge in [-0.15, -0.1) is 0 Å². The van der Waals surface area contributed by atoms with Gasteiger partial charge in [0.25, 0.3) is 12.9 Å². The second kappa shape index (κ2) is 47.4. The Morgan fingerprint density at radius 2 is 1.00 bits per heavy atom. The van der Waals surface area contributed by atoms with E-state index in [0.717, 1.165) is 0 Å². The Morgan fingerprint density at radius 3 is 1.00 bits per heavy atom. The van der Waals surface area contributed by atoms with Crippen LogP contribution in [0.2, 0.25) is 0 Å². The summed E-state index contributed by atoms with van der Waals surface area (Å²) in [7, 11) is 0. The Labute approximate surface area is 52.9 Å². The van der Waals surface area contributed by atoms with E-state index >= 15 is 0 Å². The van der Waals surface area contributed by atoms with Crippen molar-refractivity contribution >= 4 is 12.9 Å². The SMILES string of the molecule is O=CO.O=CO.[Ru]. The first-order chi connectivity index (χ1) is 2.83. The van der Waals surface area contributed by atoms with Crippen molar-refractivity contribution in [3.63, 3.8) is 0 Å². The molecular formula is C2H4O4Ru. The van der Waals surface area contributed by atoms with Crippen LogP contribution < -0.4 is 0 Å². The average molecular weight is 193 g/mol. The Balaban J connectivity index is -0.0000000400. The van der Waals surface area contributed by atoms with Crippen molar-refractivity contribution in [3.8, 4) is 0 Å². The molecule has 0 fully saturated rings. The Bertz CT molecular complexity index is 30.7. The Kier molecular flexibility index (Phi) is 108. The van der Waals surface area contributed by atoms with Gasteiger partial charge in [0.15, 0.2) is 0 Å². The normalized spacial score (nSPS) is 3.43. The fourth-order valence-corrected chi connectivity index (χ4v) is 0. The van der Waals surface area contributed by atoms with Crippen molar-refractivity contribution in [1.29, 1.82) is 0 Å². The molecule has 0 aromatic carbocycles. The van der Waals surface area contributed by atoms with Gasteiger partial charge >= 0.3 is 0 Å². The molecule has 0 bridgehead atoms. The Hall–Kier alpha value is -0.437. The molecule has 0 heterocycles. The Morgan fingerprint density at radius 1 is 1.00 bits per heavy atom. The minimum atomic E-state index is -0.250. The average Bonchev–Trinajstić information content (AvgIpc) is 1.39. The van der Waals surface area contributed by atoms with Crippen LogP contribution in [0, 0.1) is 0 Å². The van der Waals surface area contributed by atoms with Crippen LogP contribution in [-0.4, -0.2) is 23.2 Å². The maximum atomic E-state index is 8.36. The zero-order valence-electron chi connectivity index (χ0n) is 3.22. The molecule has 5 heteroatoms. The van der Waals surface area contributed by atoms with E-state index in [4.69, 9.17) is 19.8 Å². The van der Waals surface area contributed by atoms with E-state index < -0.39 is 0 Å². The molecule has 0 amide bonds. The molecule has 44 valence electrons. The van der Waals surface area contributed by atoms with Crippen LogP contribution in [0.4, 0.5) is 0 Å². The molecule has 0 aromatic rings. The molecule has 0 rings (SSSR count). The molecule has 0 aliphatic rings. The van der Waals surface area contributed by atoms with E-state index in [2.05, 4.69) is 0 Å². The molecule has 0 unspecified atom stereocenters. The molecule has 0 aliphatic carbocycles. The van der Waals surface area contributed by atoms with Crippen molar-refractivity contribution in [2.75, 3.05) is 0 Å². The molecule has 0 aliphatic heterocycles. The molecule has 2 N–H and O–H groups in total. The molecule has 0 atom stereocenters. The summed E-state index contributed by atoms with van der Waals surface area (Å²) in [6.07, 6.45) is 0. The van der Waals surface area contributed by atoms with E-state index in [1.807, 2.05) is 0 Å². The maximum absolute atomic E-state index is 8.36. The van der Waals surface area contributed by atoms with Crippen molar-refractivity contribution in [1.82, 2.24) is 0 Å². The summed E-state index contributed by atoms with van der Waals surface area (Å²) >= 11 is 0. The number of rotatable bonds is 0. The summed E-state index contributed by atoms with van der Waals surface area (Å²) in [6.45, 7) is -0.500. The van der Waals surface area contributed by atoms with Crippen LogP contribution in [0.3, 0.4) is 0 Å². The smallest absolute Gasteiger partial charge is 0.290 e. The van der Waals surface area contributed by atoms with Crippen LogP contribution in [0.25, 0.3) is 0 Å². The van der Waals surface area contributed by atoms with Crippen molar-refractivity contribution < 1.29 is 39.3 Å². The van der Waals surface area contributed by atoms with Crippen LogP contribution in [0.5, 0.6) is 0 Å². The van der Waals surface area contributed by atoms with Gasteiger partial charge in [0.2, 0.25) is 0 Å². The van der Waals surface area contributed by atoms with Gasteiger partial charge in [0.1, 0.15) is 0 Å². The van der Waals surface area contributed by atoms with E-state index in [1.54, 1.807) is 0 Å². The fraction of sp³-hybridized carbons (Fsp3) is 0. The minimum Gasteiger partial charge on any atom is -0.483 e. The first-order valence-corrected chi connectivity index (χ1v) is 0.988. The second-order valence-electron chi connectivity index (χ2n) is 0.211. The van der Waals surface area contributed by atoms with E-state index in [9.17, 15) is 0 Å². The second-order valence-corrected chi connectivity index (χ2v) is 0.211. The van der Waals surface area contributed by atoms with Gasteiger partial charge in [-0.3, -0.25) is 9.59 Å². The molecule has 0 saturated heterocycles. The predicted octanol–water partition coefficient (Wildman–Crippen LogP) is -0.601. The zero-order chi connectivity index (χ0) is 5.41. The topological polar surface area (TPSA) is 74.6 Å². The largest absolute Gasteiger partial charge is 0.483 e. The molecular weight excluding hydrogens is 189 g/mol. The molecule has 7 heavy (non-hydrogen) atoms. The van der Waals surface area contributed by atoms with Gasteiger partial charge in [0.05, 0.1) is 0 Å². The first kappa shape index (κ1) is 16.0. The van der Waals surface area contributed by atoms with Gasteiger partial charge in [-0.1, -0.05) is 0 Å². The monoisotopic (exact) mass is 194 g/mol. The quantitative estimate of drug-likeness (QED) is 0.398. The van der Waals surface area contributed by atoms with Crippen molar-refractivity contribution in [3.05, 3.63) is 0 Å². The molecule has 0 saturated carbocycles. The van der Waals surface area contributed by atoms with E-state index in [0.29, 0.717) is 0 Å². The molecule has 0 spiro atoms. The predicted molar refractivity (Wildman–Crippen MR) is 17.4 cm³/mol. The van der Waals surface area contributed by atoms with Gasteiger partial charge < -0.3 is 10.2 Å². The summed E-state index contributed by atoms with van der Waals surface area (Å²) in [5, 5.41) is 13.8. The summed E-state index contributed by atoms with van der Waals surface area (Å²) in [5.41, 5.74) is 0. The summed E-state index contributed by atoms with van der Waals surface area (Å²) in [5.74, 6) is 0. The number of carboxylic acid groups (broad SMARTS) is 2. The third-order valence-electron chi connectivity index (χ3n) is 0. The van der Waals surface area contributed by atoms with Crippen LogP contribution in [0.15, 0.2) is 0 Å². The number of carbonyl (C=O) groups is 2. The molecule has 4 nitrogen and oxygen atoms in total. The van der Waals surface area contributed by atoms with Gasteiger partial charge in [-0.25, -0.2) is 0 Å². The van der Waals surface area contributed by atoms with Gasteiger partial charge in [0, 0.05) is 19.5 Å². The van der Waals surface area contributed by atoms with Crippen LogP contribution >= 0.6 is 0 Å². The third-order valence-corrected chi connectivity index (χ3v) is 0. The maximum Gasteiger partial charge on any atom is 0.290 e. The first-order valence-electron chi connectivity index (χ1n) is 0.988. The zero-order valence-corrected chi connectivity index (χ0v) is 4.96. The standard InChI is InChI=1S/2CH2O2.Ru/c2*2-1-3;/h2*1H,(H,2,3);. The minimum absolute atomic E-state index is 0. The number of hydrogen-bond donors (Lipinski definition) is 2. The fourth-order valence-electron chi connectivity index (χ4n) is 0. The molecule has 0 aromatic heterocycles. The van der Waals surface area contributed by atoms with Gasteiger partial charge in [-0.05, 0) is 0 Å². The van der Waals surface area contributed by atoms with Gasteiger partial charge in [-0.2, -0.15) is 0 Å². The van der Waals surface area contributed by atoms with Crippen molar-refractivity contribution in [2.45, 2.75) is 0 Å². The van der Waals surface area contributed by atoms with E-state index in [1.165, 1.54) is 0 Å². The summed E-state index contributed by atoms with van der Waals surface area (Å²) in [6, 6.07) is 0. The van der Waals surface area contributed by atoms with E-state index in [-0.39, 0.29) is 32.4 Å². The third kappa shape index (κ3) is 371. The molecule has 0 radical (unpaired) electrons. The van der Waals surface area contributed by atoms with Crippen LogP contribution in [0.1, 0.15) is 0 Å². The van der Waals surface area contributed by atoms with Crippen LogP contribution in [-0.2, 0) is 29.1 Å². The number of hydrogen-bond acceptors (Lipinski definition) is 2. The summed E-state index contributed by atoms with van der Waals surface area (Å²) in [4.78, 5) is 16.7. The summed E-state index contributed by atoms with van der Waals surface area (Å²) < 4.78 is 0.